The predicted octanol–water partition coefficient (Wildman–Crippen LogP) is 16.3. The maximum Gasteiger partial charge on any atom is 0.306 e. The summed E-state index contributed by atoms with van der Waals surface area (Å²) < 4.78 is 16.5. The van der Waals surface area contributed by atoms with Crippen molar-refractivity contribution < 1.29 is 28.6 Å². The van der Waals surface area contributed by atoms with Crippen molar-refractivity contribution in [3.05, 3.63) is 48.6 Å². The summed E-state index contributed by atoms with van der Waals surface area (Å²) >= 11 is 0. The van der Waals surface area contributed by atoms with E-state index < -0.39 is 6.10 Å². The molecule has 0 aliphatic rings. The molecule has 0 aliphatic heterocycles. The highest BCUT2D eigenvalue weighted by Gasteiger charge is 2.19. The van der Waals surface area contributed by atoms with Gasteiger partial charge >= 0.3 is 17.9 Å². The molecule has 0 aromatic heterocycles. The summed E-state index contributed by atoms with van der Waals surface area (Å²) in [5.41, 5.74) is 0. The van der Waals surface area contributed by atoms with Gasteiger partial charge in [0.2, 0.25) is 0 Å². The number of esters is 3. The van der Waals surface area contributed by atoms with Crippen LogP contribution in [0.4, 0.5) is 0 Å². The van der Waals surface area contributed by atoms with Crippen molar-refractivity contribution in [1.29, 1.82) is 0 Å². The zero-order chi connectivity index (χ0) is 43.0. The number of carbonyl (C=O) groups is 3. The summed E-state index contributed by atoms with van der Waals surface area (Å²) in [5.74, 6) is -0.896. The summed E-state index contributed by atoms with van der Waals surface area (Å²) in [5, 5.41) is 0. The Morgan fingerprint density at radius 3 is 1.03 bits per heavy atom. The van der Waals surface area contributed by atoms with Gasteiger partial charge in [-0.2, -0.15) is 0 Å². The molecule has 0 saturated carbocycles. The van der Waals surface area contributed by atoms with Crippen LogP contribution in [0.5, 0.6) is 0 Å². The van der Waals surface area contributed by atoms with E-state index in [1.165, 1.54) is 116 Å². The van der Waals surface area contributed by atoms with E-state index in [-0.39, 0.29) is 31.1 Å². The van der Waals surface area contributed by atoms with Gasteiger partial charge in [-0.15, -0.1) is 0 Å². The van der Waals surface area contributed by atoms with E-state index in [1.54, 1.807) is 0 Å². The molecule has 0 spiro atoms. The second-order valence-corrected chi connectivity index (χ2v) is 16.7. The average molecular weight is 827 g/mol. The third-order valence-electron chi connectivity index (χ3n) is 10.8. The van der Waals surface area contributed by atoms with Gasteiger partial charge in [0.25, 0.3) is 0 Å². The Kier molecular flexibility index (Phi) is 45.9. The molecule has 342 valence electrons. The van der Waals surface area contributed by atoms with Gasteiger partial charge in [0.05, 0.1) is 0 Å². The van der Waals surface area contributed by atoms with Crippen LogP contribution in [0.15, 0.2) is 48.6 Å². The van der Waals surface area contributed by atoms with Crippen molar-refractivity contribution in [1.82, 2.24) is 0 Å². The quantitative estimate of drug-likeness (QED) is 0.0263. The molecule has 1 unspecified atom stereocenters. The van der Waals surface area contributed by atoms with E-state index in [1.807, 2.05) is 0 Å². The van der Waals surface area contributed by atoms with Gasteiger partial charge < -0.3 is 14.2 Å². The Morgan fingerprint density at radius 2 is 0.661 bits per heavy atom. The molecule has 0 saturated heterocycles. The largest absolute Gasteiger partial charge is 0.462 e. The van der Waals surface area contributed by atoms with Crippen LogP contribution in [-0.2, 0) is 28.6 Å². The van der Waals surface area contributed by atoms with Crippen molar-refractivity contribution in [3.8, 4) is 0 Å². The molecule has 1 atom stereocenters. The Morgan fingerprint density at radius 1 is 0.356 bits per heavy atom. The highest BCUT2D eigenvalue weighted by atomic mass is 16.6. The molecule has 0 heterocycles. The number of unbranched alkanes of at least 4 members (excludes halogenated alkanes) is 26. The van der Waals surface area contributed by atoms with E-state index >= 15 is 0 Å². The van der Waals surface area contributed by atoms with Crippen molar-refractivity contribution in [2.75, 3.05) is 13.2 Å². The zero-order valence-electron chi connectivity index (χ0n) is 39.0. The van der Waals surface area contributed by atoms with Crippen molar-refractivity contribution in [3.63, 3.8) is 0 Å². The Hall–Kier alpha value is -2.63. The van der Waals surface area contributed by atoms with Gasteiger partial charge in [-0.05, 0) is 57.8 Å². The van der Waals surface area contributed by atoms with Crippen LogP contribution in [0.25, 0.3) is 0 Å². The molecule has 0 fully saturated rings. The number of hydrogen-bond acceptors (Lipinski definition) is 6. The smallest absolute Gasteiger partial charge is 0.306 e. The van der Waals surface area contributed by atoms with Crippen LogP contribution in [0.3, 0.4) is 0 Å². The highest BCUT2D eigenvalue weighted by molar-refractivity contribution is 5.71. The standard InChI is InChI=1S/C53H94O6/c1-4-7-10-13-14-15-16-17-18-19-20-21-22-23-24-25-26-27-28-29-30-31-32-33-34-35-36-37-38-41-43-46-52(55)58-49-50(59-53(56)47-44-40-12-9-6-3)48-57-51(54)45-42-39-11-8-5-2/h7,10,14-15,17-18,20-21,50H,4-6,8-9,11-13,16,19,22-49H2,1-3H3/b10-7-,15-14-,18-17-,21-20-. The Balaban J connectivity index is 3.76. The first-order valence-electron chi connectivity index (χ1n) is 25.1. The van der Waals surface area contributed by atoms with Gasteiger partial charge in [0.1, 0.15) is 13.2 Å². The van der Waals surface area contributed by atoms with Gasteiger partial charge in [0, 0.05) is 19.3 Å². The van der Waals surface area contributed by atoms with E-state index in [9.17, 15) is 14.4 Å². The summed E-state index contributed by atoms with van der Waals surface area (Å²) in [6.07, 6.45) is 57.7. The fraction of sp³-hybridized carbons (Fsp3) is 0.792. The van der Waals surface area contributed by atoms with Crippen LogP contribution in [0.1, 0.15) is 252 Å². The number of allylic oxidation sites excluding steroid dienone is 8. The predicted molar refractivity (Wildman–Crippen MR) is 252 cm³/mol. The first kappa shape index (κ1) is 56.4. The molecule has 0 amide bonds. The monoisotopic (exact) mass is 827 g/mol. The molecule has 0 rings (SSSR count). The lowest BCUT2D eigenvalue weighted by molar-refractivity contribution is -0.167. The van der Waals surface area contributed by atoms with E-state index in [0.29, 0.717) is 19.3 Å². The highest BCUT2D eigenvalue weighted by Crippen LogP contribution is 2.16. The fourth-order valence-corrected chi connectivity index (χ4v) is 7.08. The van der Waals surface area contributed by atoms with Gasteiger partial charge in [0.15, 0.2) is 6.10 Å². The van der Waals surface area contributed by atoms with Crippen molar-refractivity contribution >= 4 is 17.9 Å². The maximum atomic E-state index is 12.5. The fourth-order valence-electron chi connectivity index (χ4n) is 7.08. The topological polar surface area (TPSA) is 78.9 Å². The molecular formula is C53H94O6. The van der Waals surface area contributed by atoms with Crippen LogP contribution in [-0.4, -0.2) is 37.2 Å². The van der Waals surface area contributed by atoms with Crippen molar-refractivity contribution in [2.45, 2.75) is 258 Å². The minimum atomic E-state index is -0.760. The third kappa shape index (κ3) is 46.3. The second kappa shape index (κ2) is 48.0. The lowest BCUT2D eigenvalue weighted by Gasteiger charge is -2.18. The molecule has 6 heteroatoms. The lowest BCUT2D eigenvalue weighted by atomic mass is 10.0. The van der Waals surface area contributed by atoms with Gasteiger partial charge in [-0.1, -0.05) is 223 Å². The van der Waals surface area contributed by atoms with E-state index in [0.717, 1.165) is 96.3 Å². The first-order chi connectivity index (χ1) is 29.0. The molecule has 0 N–H and O–H groups in total. The average Bonchev–Trinajstić information content (AvgIpc) is 3.23. The first-order valence-corrected chi connectivity index (χ1v) is 25.1. The van der Waals surface area contributed by atoms with Crippen LogP contribution in [0.2, 0.25) is 0 Å². The Labute approximate surface area is 365 Å². The normalized spacial score (nSPS) is 12.4. The molecule has 0 radical (unpaired) electrons. The zero-order valence-corrected chi connectivity index (χ0v) is 39.0. The summed E-state index contributed by atoms with van der Waals surface area (Å²) in [4.78, 5) is 37.2. The summed E-state index contributed by atoms with van der Waals surface area (Å²) in [6, 6.07) is 0. The lowest BCUT2D eigenvalue weighted by Crippen LogP contribution is -2.30. The van der Waals surface area contributed by atoms with E-state index in [4.69, 9.17) is 14.2 Å². The van der Waals surface area contributed by atoms with Crippen LogP contribution in [0, 0.1) is 0 Å². The van der Waals surface area contributed by atoms with Gasteiger partial charge in [-0.25, -0.2) is 0 Å². The molecule has 0 bridgehead atoms. The Bertz CT molecular complexity index is 1040. The maximum absolute atomic E-state index is 12.5. The molecular weight excluding hydrogens is 733 g/mol. The molecule has 6 nitrogen and oxygen atoms in total. The minimum absolute atomic E-state index is 0.0706. The van der Waals surface area contributed by atoms with Crippen molar-refractivity contribution in [2.24, 2.45) is 0 Å². The molecule has 0 aromatic carbocycles. The van der Waals surface area contributed by atoms with Crippen LogP contribution >= 0.6 is 0 Å². The number of hydrogen-bond donors (Lipinski definition) is 0. The second-order valence-electron chi connectivity index (χ2n) is 16.7. The van der Waals surface area contributed by atoms with Crippen LogP contribution < -0.4 is 0 Å². The molecule has 0 aromatic rings. The van der Waals surface area contributed by atoms with E-state index in [2.05, 4.69) is 69.4 Å². The number of ether oxygens (including phenoxy) is 3. The SMILES string of the molecule is CC/C=C\C/C=C\C/C=C\C/C=C\CCCCCCCCCCCCCCCCCCCCC(=O)OCC(COC(=O)CCCCCCC)OC(=O)CCCCCCC. The number of rotatable bonds is 45. The molecule has 0 aliphatic carbocycles. The minimum Gasteiger partial charge on any atom is -0.462 e. The number of carbonyl (C=O) groups excluding carboxylic acids is 3. The third-order valence-corrected chi connectivity index (χ3v) is 10.8. The summed E-state index contributed by atoms with van der Waals surface area (Å²) in [6.45, 7) is 6.36. The molecule has 59 heavy (non-hydrogen) atoms. The van der Waals surface area contributed by atoms with Gasteiger partial charge in [-0.3, -0.25) is 14.4 Å². The summed E-state index contributed by atoms with van der Waals surface area (Å²) in [7, 11) is 0.